The van der Waals surface area contributed by atoms with Gasteiger partial charge in [-0.05, 0) is 72.8 Å². The van der Waals surface area contributed by atoms with Gasteiger partial charge in [-0.2, -0.15) is 10.5 Å². The van der Waals surface area contributed by atoms with Crippen LogP contribution >= 0.6 is 0 Å². The van der Waals surface area contributed by atoms with Gasteiger partial charge in [-0.3, -0.25) is 0 Å². The molecule has 0 aliphatic carbocycles. The minimum Gasteiger partial charge on any atom is -0.456 e. The Bertz CT molecular complexity index is 5070. The van der Waals surface area contributed by atoms with Crippen LogP contribution in [-0.2, 0) is 0 Å². The number of para-hydroxylation sites is 8. The van der Waals surface area contributed by atoms with Gasteiger partial charge in [-0.1, -0.05) is 146 Å². The quantitative estimate of drug-likeness (QED) is 0.176. The van der Waals surface area contributed by atoms with E-state index in [-0.39, 0.29) is 11.1 Å². The number of furan rings is 2. The molecule has 11 aromatic carbocycles. The third kappa shape index (κ3) is 5.09. The first-order chi connectivity index (χ1) is 37.7. The Kier molecular flexibility index (Phi) is 7.99. The molecule has 76 heavy (non-hydrogen) atoms. The second-order valence-corrected chi connectivity index (χ2v) is 19.7. The van der Waals surface area contributed by atoms with Crippen LogP contribution in [0, 0.1) is 22.7 Å². The molecule has 0 spiro atoms. The number of nitriles is 2. The summed E-state index contributed by atoms with van der Waals surface area (Å²) in [6, 6.07) is 81.2. The van der Waals surface area contributed by atoms with Crippen molar-refractivity contribution in [2.75, 3.05) is 0 Å². The Morgan fingerprint density at radius 2 is 0.526 bits per heavy atom. The van der Waals surface area contributed by atoms with Gasteiger partial charge < -0.3 is 27.1 Å². The zero-order valence-electron chi connectivity index (χ0n) is 40.3. The van der Waals surface area contributed by atoms with E-state index in [9.17, 15) is 10.5 Å². The van der Waals surface area contributed by atoms with E-state index in [1.165, 1.54) is 0 Å². The maximum atomic E-state index is 12.5. The Balaban J connectivity index is 1.24. The summed E-state index contributed by atoms with van der Waals surface area (Å²) >= 11 is 0. The fourth-order valence-electron chi connectivity index (χ4n) is 13.1. The van der Waals surface area contributed by atoms with Crippen LogP contribution < -0.4 is 0 Å². The summed E-state index contributed by atoms with van der Waals surface area (Å²) in [6.07, 6.45) is 0. The molecule has 6 heterocycles. The van der Waals surface area contributed by atoms with Crippen molar-refractivity contribution in [3.63, 3.8) is 0 Å². The molecule has 0 aliphatic heterocycles. The standard InChI is InChI=1S/C68H36N6O2/c69-37-49-50(38-70)66(74-56-30-14-6-22-44(56)46-34-36-60-62(64(46)74)48-24-8-16-32-58(48)76-60)68(72-53-27-11-3-19-41(53)42-20-4-12-28-54(42)72)67(71-51-25-9-1-17-39(51)40-18-2-10-26-52(40)71)65(49)73-55-29-13-5-21-43(55)45-33-35-59-61(63(45)73)47-23-7-15-31-57(47)75-59/h1-36H. The van der Waals surface area contributed by atoms with E-state index in [0.717, 1.165) is 142 Å². The number of hydrogen-bond acceptors (Lipinski definition) is 4. The van der Waals surface area contributed by atoms with Gasteiger partial charge in [-0.15, -0.1) is 0 Å². The van der Waals surface area contributed by atoms with Crippen LogP contribution in [0.5, 0.6) is 0 Å². The van der Waals surface area contributed by atoms with E-state index in [1.807, 2.05) is 36.4 Å². The molecule has 0 bridgehead atoms. The molecule has 17 aromatic rings. The number of benzene rings is 11. The molecule has 350 valence electrons. The van der Waals surface area contributed by atoms with Crippen molar-refractivity contribution in [2.45, 2.75) is 0 Å². The lowest BCUT2D eigenvalue weighted by atomic mass is 9.98. The molecular formula is C68H36N6O2. The summed E-state index contributed by atoms with van der Waals surface area (Å²) in [5, 5.41) is 36.9. The number of hydrogen-bond donors (Lipinski definition) is 0. The van der Waals surface area contributed by atoms with Gasteiger partial charge in [0.1, 0.15) is 34.5 Å². The lowest BCUT2D eigenvalue weighted by Gasteiger charge is -2.28. The summed E-state index contributed by atoms with van der Waals surface area (Å²) in [6.45, 7) is 0. The van der Waals surface area contributed by atoms with Crippen LogP contribution in [0.1, 0.15) is 11.1 Å². The van der Waals surface area contributed by atoms with E-state index in [2.05, 4.69) is 212 Å². The molecule has 6 aromatic heterocycles. The summed E-state index contributed by atoms with van der Waals surface area (Å²) < 4.78 is 22.7. The maximum absolute atomic E-state index is 12.5. The number of nitrogens with zero attached hydrogens (tertiary/aromatic N) is 6. The third-order valence-corrected chi connectivity index (χ3v) is 16.0. The van der Waals surface area contributed by atoms with E-state index in [0.29, 0.717) is 11.4 Å². The average Bonchev–Trinajstić information content (AvgIpc) is 4.28. The maximum Gasteiger partial charge on any atom is 0.137 e. The van der Waals surface area contributed by atoms with Crippen LogP contribution in [0.3, 0.4) is 0 Å². The highest BCUT2D eigenvalue weighted by Gasteiger charge is 2.36. The molecule has 0 saturated heterocycles. The van der Waals surface area contributed by atoms with E-state index < -0.39 is 0 Å². The lowest BCUT2D eigenvalue weighted by Crippen LogP contribution is -2.17. The van der Waals surface area contributed by atoms with Gasteiger partial charge in [0.25, 0.3) is 0 Å². The summed E-state index contributed by atoms with van der Waals surface area (Å²) in [5.41, 5.74) is 13.2. The van der Waals surface area contributed by atoms with Crippen molar-refractivity contribution in [3.8, 4) is 34.9 Å². The van der Waals surface area contributed by atoms with Crippen molar-refractivity contribution in [3.05, 3.63) is 230 Å². The highest BCUT2D eigenvalue weighted by atomic mass is 16.3. The second kappa shape index (κ2) is 14.9. The summed E-state index contributed by atoms with van der Waals surface area (Å²) in [7, 11) is 0. The monoisotopic (exact) mass is 968 g/mol. The van der Waals surface area contributed by atoms with Crippen molar-refractivity contribution < 1.29 is 8.83 Å². The summed E-state index contributed by atoms with van der Waals surface area (Å²) in [5.74, 6) is 0. The number of rotatable bonds is 4. The average molecular weight is 969 g/mol. The van der Waals surface area contributed by atoms with Crippen molar-refractivity contribution in [1.82, 2.24) is 18.3 Å². The predicted molar refractivity (Wildman–Crippen MR) is 308 cm³/mol. The van der Waals surface area contributed by atoms with Crippen LogP contribution in [0.2, 0.25) is 0 Å². The van der Waals surface area contributed by atoms with Gasteiger partial charge in [0.2, 0.25) is 0 Å². The van der Waals surface area contributed by atoms with Gasteiger partial charge >= 0.3 is 0 Å². The molecule has 17 rings (SSSR count). The molecule has 0 aliphatic rings. The van der Waals surface area contributed by atoms with Crippen molar-refractivity contribution >= 4 is 131 Å². The van der Waals surface area contributed by atoms with Crippen molar-refractivity contribution in [2.24, 2.45) is 0 Å². The Labute approximate surface area is 431 Å². The molecule has 0 atom stereocenters. The van der Waals surface area contributed by atoms with Gasteiger partial charge in [0.05, 0.1) is 88.8 Å². The highest BCUT2D eigenvalue weighted by molar-refractivity contribution is 6.27. The number of aromatic nitrogens is 4. The molecular weight excluding hydrogens is 933 g/mol. The minimum atomic E-state index is 0.224. The Hall–Kier alpha value is -10.8. The smallest absolute Gasteiger partial charge is 0.137 e. The fourth-order valence-corrected chi connectivity index (χ4v) is 13.1. The largest absolute Gasteiger partial charge is 0.456 e. The molecule has 0 amide bonds. The molecule has 8 nitrogen and oxygen atoms in total. The van der Waals surface area contributed by atoms with Gasteiger partial charge in [-0.25, -0.2) is 0 Å². The molecule has 8 heteroatoms. The third-order valence-electron chi connectivity index (χ3n) is 16.0. The normalized spacial score (nSPS) is 12.2. The predicted octanol–water partition coefficient (Wildman–Crippen LogP) is 17.6. The van der Waals surface area contributed by atoms with E-state index in [4.69, 9.17) is 8.83 Å². The fraction of sp³-hybridized carbons (Fsp3) is 0. The van der Waals surface area contributed by atoms with Crippen LogP contribution in [0.15, 0.2) is 227 Å². The highest BCUT2D eigenvalue weighted by Crippen LogP contribution is 2.51. The molecule has 0 unspecified atom stereocenters. The lowest BCUT2D eigenvalue weighted by molar-refractivity contribution is 0.669. The first-order valence-electron chi connectivity index (χ1n) is 25.4. The molecule has 0 fully saturated rings. The van der Waals surface area contributed by atoms with E-state index >= 15 is 0 Å². The summed E-state index contributed by atoms with van der Waals surface area (Å²) in [4.78, 5) is 0. The topological polar surface area (TPSA) is 93.6 Å². The number of fused-ring (bicyclic) bond motifs is 20. The second-order valence-electron chi connectivity index (χ2n) is 19.7. The van der Waals surface area contributed by atoms with Crippen LogP contribution in [0.4, 0.5) is 0 Å². The SMILES string of the molecule is N#Cc1c(C#N)c(-n2c3ccccc3c3ccc4oc5ccccc5c4c32)c(-n2c3ccccc3c3ccccc32)c(-n2c3ccccc3c3ccccc32)c1-n1c2ccccc2c2ccc3oc4ccccc4c3c21. The molecule has 0 saturated carbocycles. The van der Waals surface area contributed by atoms with E-state index in [1.54, 1.807) is 0 Å². The zero-order valence-corrected chi connectivity index (χ0v) is 40.3. The van der Waals surface area contributed by atoms with Gasteiger partial charge in [0.15, 0.2) is 0 Å². The van der Waals surface area contributed by atoms with Crippen molar-refractivity contribution in [1.29, 1.82) is 10.5 Å². The first kappa shape index (κ1) is 40.8. The zero-order chi connectivity index (χ0) is 49.9. The Morgan fingerprint density at radius 1 is 0.250 bits per heavy atom. The van der Waals surface area contributed by atoms with Gasteiger partial charge in [0, 0.05) is 53.9 Å². The molecule has 0 radical (unpaired) electrons. The minimum absolute atomic E-state index is 0.224. The first-order valence-corrected chi connectivity index (χ1v) is 25.4. The Morgan fingerprint density at radius 3 is 0.855 bits per heavy atom. The van der Waals surface area contributed by atoms with Crippen LogP contribution in [0.25, 0.3) is 154 Å². The van der Waals surface area contributed by atoms with Crippen LogP contribution in [-0.4, -0.2) is 18.3 Å². The molecule has 0 N–H and O–H groups in total.